The van der Waals surface area contributed by atoms with Crippen LogP contribution in [0.5, 0.6) is 5.75 Å². The highest BCUT2D eigenvalue weighted by Gasteiger charge is 2.28. The fraction of sp³-hybridized carbons (Fsp3) is 0.250. The summed E-state index contributed by atoms with van der Waals surface area (Å²) in [6, 6.07) is 13.7. The minimum atomic E-state index is -3.46. The second-order valence-electron chi connectivity index (χ2n) is 5.36. The van der Waals surface area contributed by atoms with E-state index in [-0.39, 0.29) is 5.75 Å². The maximum atomic E-state index is 12.7. The first kappa shape index (κ1) is 16.3. The Labute approximate surface area is 144 Å². The van der Waals surface area contributed by atoms with Gasteiger partial charge in [-0.25, -0.2) is 8.42 Å². The predicted octanol–water partition coefficient (Wildman–Crippen LogP) is 2.67. The van der Waals surface area contributed by atoms with Gasteiger partial charge in [-0.2, -0.15) is 4.31 Å². The van der Waals surface area contributed by atoms with Gasteiger partial charge in [0.15, 0.2) is 0 Å². The number of piperazine rings is 1. The van der Waals surface area contributed by atoms with Crippen LogP contribution in [0.4, 0.5) is 5.69 Å². The summed E-state index contributed by atoms with van der Waals surface area (Å²) in [5.74, 6) is 0.226. The zero-order valence-electron chi connectivity index (χ0n) is 12.4. The molecule has 23 heavy (non-hydrogen) atoms. The lowest BCUT2D eigenvalue weighted by molar-refractivity contribution is 0.385. The predicted molar refractivity (Wildman–Crippen MR) is 93.2 cm³/mol. The molecule has 2 aromatic rings. The Hall–Kier alpha value is -1.57. The van der Waals surface area contributed by atoms with Crippen molar-refractivity contribution in [2.75, 3.05) is 31.1 Å². The van der Waals surface area contributed by atoms with Crippen molar-refractivity contribution in [2.45, 2.75) is 4.90 Å². The molecule has 1 aliphatic heterocycles. The maximum Gasteiger partial charge on any atom is 0.243 e. The van der Waals surface area contributed by atoms with Gasteiger partial charge in [0.2, 0.25) is 10.0 Å². The van der Waals surface area contributed by atoms with Crippen molar-refractivity contribution in [3.8, 4) is 5.75 Å². The average molecular weight is 397 g/mol. The van der Waals surface area contributed by atoms with E-state index >= 15 is 0 Å². The maximum absolute atomic E-state index is 12.7. The van der Waals surface area contributed by atoms with Crippen molar-refractivity contribution in [1.29, 1.82) is 0 Å². The molecule has 122 valence electrons. The Morgan fingerprint density at radius 1 is 0.957 bits per heavy atom. The normalized spacial score (nSPS) is 16.5. The minimum Gasteiger partial charge on any atom is -0.508 e. The summed E-state index contributed by atoms with van der Waals surface area (Å²) in [7, 11) is -3.46. The van der Waals surface area contributed by atoms with Gasteiger partial charge in [-0.15, -0.1) is 0 Å². The molecule has 0 unspecified atom stereocenters. The summed E-state index contributed by atoms with van der Waals surface area (Å²) in [4.78, 5) is 2.43. The van der Waals surface area contributed by atoms with Gasteiger partial charge < -0.3 is 10.0 Å². The van der Waals surface area contributed by atoms with Crippen LogP contribution in [-0.2, 0) is 10.0 Å². The van der Waals surface area contributed by atoms with Gasteiger partial charge in [-0.3, -0.25) is 0 Å². The Morgan fingerprint density at radius 3 is 2.22 bits per heavy atom. The third-order valence-electron chi connectivity index (χ3n) is 3.89. The molecule has 0 saturated carbocycles. The molecule has 0 atom stereocenters. The van der Waals surface area contributed by atoms with Crippen LogP contribution >= 0.6 is 15.9 Å². The average Bonchev–Trinajstić information content (AvgIpc) is 2.56. The first-order chi connectivity index (χ1) is 11.0. The molecular weight excluding hydrogens is 380 g/mol. The van der Waals surface area contributed by atoms with E-state index in [1.807, 2.05) is 18.2 Å². The number of rotatable bonds is 3. The molecule has 0 bridgehead atoms. The van der Waals surface area contributed by atoms with Crippen molar-refractivity contribution < 1.29 is 13.5 Å². The van der Waals surface area contributed by atoms with E-state index in [4.69, 9.17) is 0 Å². The number of anilines is 1. The fourth-order valence-electron chi connectivity index (χ4n) is 2.63. The number of phenolic OH excluding ortho intramolecular Hbond substituents is 1. The molecule has 5 nitrogen and oxygen atoms in total. The molecule has 0 amide bonds. The largest absolute Gasteiger partial charge is 0.508 e. The van der Waals surface area contributed by atoms with Crippen LogP contribution in [0.15, 0.2) is 57.9 Å². The van der Waals surface area contributed by atoms with Crippen LogP contribution in [0, 0.1) is 0 Å². The Balaban J connectivity index is 1.72. The summed E-state index contributed by atoms with van der Waals surface area (Å²) in [5.41, 5.74) is 0.988. The van der Waals surface area contributed by atoms with Crippen LogP contribution in [0.1, 0.15) is 0 Å². The molecule has 1 aliphatic rings. The number of sulfonamides is 1. The lowest BCUT2D eigenvalue weighted by atomic mass is 10.2. The number of phenols is 1. The first-order valence-corrected chi connectivity index (χ1v) is 9.50. The molecule has 0 aromatic heterocycles. The highest BCUT2D eigenvalue weighted by Crippen LogP contribution is 2.24. The molecule has 1 saturated heterocycles. The zero-order chi connectivity index (χ0) is 16.4. The number of hydrogen-bond donors (Lipinski definition) is 1. The van der Waals surface area contributed by atoms with E-state index in [2.05, 4.69) is 20.8 Å². The smallest absolute Gasteiger partial charge is 0.243 e. The molecule has 1 N–H and O–H groups in total. The van der Waals surface area contributed by atoms with Gasteiger partial charge in [-0.1, -0.05) is 22.0 Å². The van der Waals surface area contributed by atoms with E-state index in [9.17, 15) is 13.5 Å². The molecule has 2 aromatic carbocycles. The van der Waals surface area contributed by atoms with Crippen molar-refractivity contribution in [3.05, 3.63) is 53.0 Å². The SMILES string of the molecule is O=S(=O)(c1cccc(Br)c1)N1CCN(c2ccc(O)cc2)CC1. The van der Waals surface area contributed by atoms with Crippen LogP contribution in [-0.4, -0.2) is 44.0 Å². The second kappa shape index (κ2) is 6.51. The Kier molecular flexibility index (Phi) is 4.61. The Bertz CT molecular complexity index is 785. The lowest BCUT2D eigenvalue weighted by Gasteiger charge is -2.35. The van der Waals surface area contributed by atoms with Gasteiger partial charge in [-0.05, 0) is 42.5 Å². The van der Waals surface area contributed by atoms with E-state index in [1.165, 1.54) is 4.31 Å². The summed E-state index contributed by atoms with van der Waals surface area (Å²) in [5, 5.41) is 9.34. The third kappa shape index (κ3) is 3.52. The minimum absolute atomic E-state index is 0.226. The van der Waals surface area contributed by atoms with Gasteiger partial charge >= 0.3 is 0 Å². The van der Waals surface area contributed by atoms with E-state index in [1.54, 1.807) is 30.3 Å². The van der Waals surface area contributed by atoms with Crippen LogP contribution in [0.3, 0.4) is 0 Å². The fourth-order valence-corrected chi connectivity index (χ4v) is 4.65. The van der Waals surface area contributed by atoms with Crippen LogP contribution in [0.25, 0.3) is 0 Å². The molecule has 3 rings (SSSR count). The van der Waals surface area contributed by atoms with Crippen LogP contribution in [0.2, 0.25) is 0 Å². The first-order valence-electron chi connectivity index (χ1n) is 7.26. The monoisotopic (exact) mass is 396 g/mol. The molecule has 0 radical (unpaired) electrons. The third-order valence-corrected chi connectivity index (χ3v) is 6.28. The second-order valence-corrected chi connectivity index (χ2v) is 8.22. The number of halogens is 1. The van der Waals surface area contributed by atoms with Crippen molar-refractivity contribution in [2.24, 2.45) is 0 Å². The lowest BCUT2D eigenvalue weighted by Crippen LogP contribution is -2.48. The van der Waals surface area contributed by atoms with Crippen molar-refractivity contribution in [1.82, 2.24) is 4.31 Å². The summed E-state index contributed by atoms with van der Waals surface area (Å²) in [6.07, 6.45) is 0. The number of benzene rings is 2. The molecular formula is C16H17BrN2O3S. The number of hydrogen-bond acceptors (Lipinski definition) is 4. The molecule has 1 heterocycles. The highest BCUT2D eigenvalue weighted by molar-refractivity contribution is 9.10. The highest BCUT2D eigenvalue weighted by atomic mass is 79.9. The molecule has 7 heteroatoms. The van der Waals surface area contributed by atoms with E-state index < -0.39 is 10.0 Å². The van der Waals surface area contributed by atoms with E-state index in [0.29, 0.717) is 31.1 Å². The van der Waals surface area contributed by atoms with Gasteiger partial charge in [0, 0.05) is 36.3 Å². The molecule has 0 aliphatic carbocycles. The quantitative estimate of drug-likeness (QED) is 0.865. The van der Waals surface area contributed by atoms with Gasteiger partial charge in [0.25, 0.3) is 0 Å². The summed E-state index contributed by atoms with van der Waals surface area (Å²) < 4.78 is 27.6. The van der Waals surface area contributed by atoms with Crippen LogP contribution < -0.4 is 4.90 Å². The molecule has 0 spiro atoms. The zero-order valence-corrected chi connectivity index (χ0v) is 14.8. The number of nitrogens with zero attached hydrogens (tertiary/aromatic N) is 2. The topological polar surface area (TPSA) is 60.9 Å². The van der Waals surface area contributed by atoms with E-state index in [0.717, 1.165) is 10.2 Å². The Morgan fingerprint density at radius 2 is 1.61 bits per heavy atom. The van der Waals surface area contributed by atoms with Gasteiger partial charge in [0.05, 0.1) is 4.90 Å². The van der Waals surface area contributed by atoms with Crippen molar-refractivity contribution in [3.63, 3.8) is 0 Å². The van der Waals surface area contributed by atoms with Gasteiger partial charge in [0.1, 0.15) is 5.75 Å². The summed E-state index contributed by atoms with van der Waals surface area (Å²) >= 11 is 3.31. The number of aromatic hydroxyl groups is 1. The summed E-state index contributed by atoms with van der Waals surface area (Å²) in [6.45, 7) is 2.13. The standard InChI is InChI=1S/C16H17BrN2O3S/c17-13-2-1-3-16(12-13)23(21,22)19-10-8-18(9-11-19)14-4-6-15(20)7-5-14/h1-7,12,20H,8-11H2. The molecule has 1 fully saturated rings. The van der Waals surface area contributed by atoms with Crippen molar-refractivity contribution >= 4 is 31.6 Å².